The molecule has 0 saturated heterocycles. The molecule has 1 N–H and O–H groups in total. The summed E-state index contributed by atoms with van der Waals surface area (Å²) in [6.07, 6.45) is 1.59. The van der Waals surface area contributed by atoms with Gasteiger partial charge in [0.15, 0.2) is 17.3 Å². The highest BCUT2D eigenvalue weighted by Gasteiger charge is 2.13. The lowest BCUT2D eigenvalue weighted by Gasteiger charge is -2.07. The van der Waals surface area contributed by atoms with Crippen molar-refractivity contribution in [3.8, 4) is 23.0 Å². The van der Waals surface area contributed by atoms with E-state index in [-0.39, 0.29) is 5.75 Å². The number of furan rings is 1. The third-order valence-corrected chi connectivity index (χ3v) is 5.10. The smallest absolute Gasteiger partial charge is 0.206 e. The van der Waals surface area contributed by atoms with Gasteiger partial charge in [-0.25, -0.2) is 4.68 Å². The van der Waals surface area contributed by atoms with Gasteiger partial charge >= 0.3 is 0 Å². The van der Waals surface area contributed by atoms with Crippen molar-refractivity contribution in [2.75, 3.05) is 13.7 Å². The van der Waals surface area contributed by atoms with E-state index in [0.717, 1.165) is 16.7 Å². The number of aromatic nitrogens is 1. The number of rotatable bonds is 5. The van der Waals surface area contributed by atoms with E-state index < -0.39 is 0 Å². The van der Waals surface area contributed by atoms with Gasteiger partial charge in [0.2, 0.25) is 4.80 Å². The predicted molar refractivity (Wildman–Crippen MR) is 111 cm³/mol. The standard InChI is InChI=1S/C21H19N3O3S/c1-3-26-18-10-6-8-15(20(18)25)12-23-24-16(13-28-21(24)22-2)19-11-14-7-4-5-9-17(14)27-19/h4-13,25H,3H2,1-2H3. The van der Waals surface area contributed by atoms with Crippen LogP contribution in [0.25, 0.3) is 22.4 Å². The lowest BCUT2D eigenvalue weighted by atomic mass is 10.2. The molecule has 0 unspecified atom stereocenters. The van der Waals surface area contributed by atoms with Crippen LogP contribution in [0.3, 0.4) is 0 Å². The maximum Gasteiger partial charge on any atom is 0.206 e. The summed E-state index contributed by atoms with van der Waals surface area (Å²) in [6.45, 7) is 2.35. The topological polar surface area (TPSA) is 72.2 Å². The number of fused-ring (bicyclic) bond motifs is 1. The minimum atomic E-state index is 0.0594. The van der Waals surface area contributed by atoms with Crippen LogP contribution in [0.4, 0.5) is 0 Å². The second-order valence-electron chi connectivity index (χ2n) is 5.96. The largest absolute Gasteiger partial charge is 0.504 e. The summed E-state index contributed by atoms with van der Waals surface area (Å²) in [6, 6.07) is 15.1. The molecule has 0 atom stereocenters. The lowest BCUT2D eigenvalue weighted by molar-refractivity contribution is 0.318. The maximum absolute atomic E-state index is 10.4. The molecule has 2 aromatic carbocycles. The minimum Gasteiger partial charge on any atom is -0.504 e. The first-order valence-electron chi connectivity index (χ1n) is 8.82. The highest BCUT2D eigenvalue weighted by molar-refractivity contribution is 7.07. The molecule has 4 aromatic rings. The van der Waals surface area contributed by atoms with E-state index in [2.05, 4.69) is 10.1 Å². The normalized spacial score (nSPS) is 12.3. The lowest BCUT2D eigenvalue weighted by Crippen LogP contribution is -2.11. The fraction of sp³-hybridized carbons (Fsp3) is 0.143. The van der Waals surface area contributed by atoms with Crippen molar-refractivity contribution in [3.05, 3.63) is 64.3 Å². The van der Waals surface area contributed by atoms with Gasteiger partial charge in [-0.3, -0.25) is 4.99 Å². The van der Waals surface area contributed by atoms with Crippen LogP contribution in [-0.4, -0.2) is 29.7 Å². The average molecular weight is 393 g/mol. The van der Waals surface area contributed by atoms with E-state index in [4.69, 9.17) is 9.15 Å². The molecule has 6 nitrogen and oxygen atoms in total. The molecule has 0 aliphatic rings. The Labute approximate surface area is 165 Å². The fourth-order valence-electron chi connectivity index (χ4n) is 2.88. The van der Waals surface area contributed by atoms with Gasteiger partial charge in [-0.2, -0.15) is 5.10 Å². The first kappa shape index (κ1) is 18.1. The molecular formula is C21H19N3O3S. The molecular weight excluding hydrogens is 374 g/mol. The molecule has 0 saturated carbocycles. The van der Waals surface area contributed by atoms with Crippen molar-refractivity contribution < 1.29 is 14.3 Å². The second-order valence-corrected chi connectivity index (χ2v) is 6.80. The van der Waals surface area contributed by atoms with E-state index >= 15 is 0 Å². The Hall–Kier alpha value is -3.32. The van der Waals surface area contributed by atoms with Crippen LogP contribution in [0, 0.1) is 0 Å². The van der Waals surface area contributed by atoms with E-state index in [1.54, 1.807) is 30.1 Å². The molecule has 7 heteroatoms. The summed E-state index contributed by atoms with van der Waals surface area (Å²) < 4.78 is 13.1. The number of phenolic OH excluding ortho intramolecular Hbond substituents is 1. The van der Waals surface area contributed by atoms with E-state index in [9.17, 15) is 5.11 Å². The second kappa shape index (κ2) is 7.74. The first-order valence-corrected chi connectivity index (χ1v) is 9.70. The molecule has 0 aliphatic carbocycles. The number of ether oxygens (including phenoxy) is 1. The Morgan fingerprint density at radius 2 is 2.07 bits per heavy atom. The van der Waals surface area contributed by atoms with Crippen LogP contribution < -0.4 is 9.54 Å². The van der Waals surface area contributed by atoms with Gasteiger partial charge in [0.05, 0.1) is 12.8 Å². The number of thiazole rings is 1. The number of para-hydroxylation sites is 2. The zero-order chi connectivity index (χ0) is 19.5. The van der Waals surface area contributed by atoms with E-state index in [0.29, 0.717) is 28.5 Å². The first-order chi connectivity index (χ1) is 13.7. The zero-order valence-corrected chi connectivity index (χ0v) is 16.3. The molecule has 4 rings (SSSR count). The van der Waals surface area contributed by atoms with Gasteiger partial charge in [0.1, 0.15) is 11.3 Å². The van der Waals surface area contributed by atoms with Gasteiger partial charge < -0.3 is 14.3 Å². The van der Waals surface area contributed by atoms with Crippen molar-refractivity contribution in [2.24, 2.45) is 10.1 Å². The summed E-state index contributed by atoms with van der Waals surface area (Å²) in [5.41, 5.74) is 2.16. The van der Waals surface area contributed by atoms with Crippen LogP contribution in [0.1, 0.15) is 12.5 Å². The van der Waals surface area contributed by atoms with Crippen molar-refractivity contribution >= 4 is 28.5 Å². The van der Waals surface area contributed by atoms with Crippen molar-refractivity contribution in [1.82, 2.24) is 4.68 Å². The minimum absolute atomic E-state index is 0.0594. The number of hydrogen-bond acceptors (Lipinski definition) is 6. The number of benzene rings is 2. The number of phenols is 1. The van der Waals surface area contributed by atoms with Crippen LogP contribution in [0.15, 0.2) is 68.4 Å². The number of nitrogens with zero attached hydrogens (tertiary/aromatic N) is 3. The number of aromatic hydroxyl groups is 1. The highest BCUT2D eigenvalue weighted by atomic mass is 32.1. The summed E-state index contributed by atoms with van der Waals surface area (Å²) in [7, 11) is 1.72. The summed E-state index contributed by atoms with van der Waals surface area (Å²) >= 11 is 1.47. The van der Waals surface area contributed by atoms with Crippen LogP contribution in [0.5, 0.6) is 11.5 Å². The summed E-state index contributed by atoms with van der Waals surface area (Å²) in [4.78, 5) is 5.01. The van der Waals surface area contributed by atoms with Gasteiger partial charge in [-0.05, 0) is 31.2 Å². The molecule has 0 bridgehead atoms. The van der Waals surface area contributed by atoms with E-state index in [1.165, 1.54) is 11.3 Å². The summed E-state index contributed by atoms with van der Waals surface area (Å²) in [5.74, 6) is 1.20. The molecule has 0 fully saturated rings. The highest BCUT2D eigenvalue weighted by Crippen LogP contribution is 2.30. The Morgan fingerprint density at radius 3 is 2.86 bits per heavy atom. The monoisotopic (exact) mass is 393 g/mol. The van der Waals surface area contributed by atoms with Crippen LogP contribution in [-0.2, 0) is 0 Å². The maximum atomic E-state index is 10.4. The molecule has 0 spiro atoms. The third-order valence-electron chi connectivity index (χ3n) is 4.20. The van der Waals surface area contributed by atoms with Crippen LogP contribution in [0.2, 0.25) is 0 Å². The summed E-state index contributed by atoms with van der Waals surface area (Å²) in [5, 5.41) is 17.9. The molecule has 0 radical (unpaired) electrons. The zero-order valence-electron chi connectivity index (χ0n) is 15.5. The Morgan fingerprint density at radius 1 is 1.21 bits per heavy atom. The Bertz CT molecular complexity index is 1180. The Kier molecular flexibility index (Phi) is 4.99. The van der Waals surface area contributed by atoms with E-state index in [1.807, 2.05) is 48.7 Å². The quantitative estimate of drug-likeness (QED) is 0.508. The molecule has 2 heterocycles. The average Bonchev–Trinajstić information content (AvgIpc) is 3.32. The molecule has 0 amide bonds. The van der Waals surface area contributed by atoms with Gasteiger partial charge in [0, 0.05) is 23.4 Å². The molecule has 0 aliphatic heterocycles. The van der Waals surface area contributed by atoms with Crippen molar-refractivity contribution in [1.29, 1.82) is 0 Å². The van der Waals surface area contributed by atoms with Gasteiger partial charge in [-0.1, -0.05) is 24.3 Å². The molecule has 28 heavy (non-hydrogen) atoms. The Balaban J connectivity index is 1.77. The van der Waals surface area contributed by atoms with Crippen molar-refractivity contribution in [2.45, 2.75) is 6.92 Å². The third kappa shape index (κ3) is 3.32. The van der Waals surface area contributed by atoms with Gasteiger partial charge in [0.25, 0.3) is 0 Å². The molecule has 142 valence electrons. The van der Waals surface area contributed by atoms with Gasteiger partial charge in [-0.15, -0.1) is 11.3 Å². The number of hydrogen-bond donors (Lipinski definition) is 1. The fourth-order valence-corrected chi connectivity index (χ4v) is 3.66. The molecule has 2 aromatic heterocycles. The predicted octanol–water partition coefficient (Wildman–Crippen LogP) is 4.48. The van der Waals surface area contributed by atoms with Crippen LogP contribution >= 0.6 is 11.3 Å². The SMILES string of the molecule is CCOc1cccc(C=Nn2c(-c3cc4ccccc4o3)csc2=NC)c1O. The van der Waals surface area contributed by atoms with Crippen molar-refractivity contribution in [3.63, 3.8) is 0 Å².